The first-order valence-corrected chi connectivity index (χ1v) is 9.20. The van der Waals surface area contributed by atoms with Crippen LogP contribution in [0, 0.1) is 11.3 Å². The Hall–Kier alpha value is -1.62. The van der Waals surface area contributed by atoms with Crippen molar-refractivity contribution >= 4 is 27.8 Å². The fraction of sp³-hybridized carbons (Fsp3) is 0.474. The average molecular weight is 390 g/mol. The van der Waals surface area contributed by atoms with Crippen molar-refractivity contribution in [1.82, 2.24) is 5.32 Å². The van der Waals surface area contributed by atoms with Crippen molar-refractivity contribution in [2.45, 2.75) is 38.1 Å². The lowest BCUT2D eigenvalue weighted by Crippen LogP contribution is -2.31. The summed E-state index contributed by atoms with van der Waals surface area (Å²) < 4.78 is 6.10. The van der Waals surface area contributed by atoms with E-state index in [1.54, 1.807) is 0 Å². The Balaban J connectivity index is 1.56. The van der Waals surface area contributed by atoms with Crippen molar-refractivity contribution in [3.63, 3.8) is 0 Å². The number of allylic oxidation sites excluding steroid dienone is 1. The monoisotopic (exact) mass is 389 g/mol. The van der Waals surface area contributed by atoms with Crippen molar-refractivity contribution in [2.24, 2.45) is 11.3 Å². The van der Waals surface area contributed by atoms with Crippen LogP contribution in [0.15, 0.2) is 34.8 Å². The lowest BCUT2D eigenvalue weighted by molar-refractivity contribution is -0.146. The van der Waals surface area contributed by atoms with Gasteiger partial charge in [0.15, 0.2) is 0 Å². The number of cyclic esters (lactones) is 1. The minimum absolute atomic E-state index is 0.0403. The number of hydrogen-bond donors (Lipinski definition) is 1. The summed E-state index contributed by atoms with van der Waals surface area (Å²) in [5.41, 5.74) is 2.36. The Morgan fingerprint density at radius 1 is 1.42 bits per heavy atom. The first kappa shape index (κ1) is 15.9. The van der Waals surface area contributed by atoms with E-state index in [1.807, 2.05) is 18.2 Å². The summed E-state index contributed by atoms with van der Waals surface area (Å²) in [6.07, 6.45) is 4.35. The Kier molecular flexibility index (Phi) is 3.79. The molecule has 0 radical (unpaired) electrons. The molecule has 0 spiro atoms. The molecule has 0 aromatic heterocycles. The third-order valence-electron chi connectivity index (χ3n) is 5.41. The van der Waals surface area contributed by atoms with Gasteiger partial charge in [-0.3, -0.25) is 9.59 Å². The number of nitrogens with one attached hydrogen (secondary N) is 1. The largest absolute Gasteiger partial charge is 0.465 e. The standard InChI is InChI=1S/C19H20BrNO3/c1-11-6-13-10-24-18(23)19(13,8-11)9-12-2-5-15(16(20)7-12)17(22)21-14-3-4-14/h2,5,7,13-14H,1,3-4,6,8-10H2,(H,21,22). The average Bonchev–Trinajstić information content (AvgIpc) is 3.21. The Morgan fingerprint density at radius 2 is 2.21 bits per heavy atom. The van der Waals surface area contributed by atoms with E-state index in [4.69, 9.17) is 4.74 Å². The predicted molar refractivity (Wildman–Crippen MR) is 93.6 cm³/mol. The highest BCUT2D eigenvalue weighted by molar-refractivity contribution is 9.10. The molecule has 2 atom stereocenters. The number of ether oxygens (including phenoxy) is 1. The zero-order valence-corrected chi connectivity index (χ0v) is 15.0. The molecule has 126 valence electrons. The zero-order valence-electron chi connectivity index (χ0n) is 13.4. The van der Waals surface area contributed by atoms with Crippen molar-refractivity contribution in [2.75, 3.05) is 6.61 Å². The molecule has 4 rings (SSSR count). The Morgan fingerprint density at radius 3 is 2.92 bits per heavy atom. The van der Waals surface area contributed by atoms with Crippen LogP contribution in [0.1, 0.15) is 41.6 Å². The van der Waals surface area contributed by atoms with Gasteiger partial charge < -0.3 is 10.1 Å². The van der Waals surface area contributed by atoms with Gasteiger partial charge in [0.05, 0.1) is 17.6 Å². The minimum atomic E-state index is -0.464. The van der Waals surface area contributed by atoms with E-state index >= 15 is 0 Å². The van der Waals surface area contributed by atoms with E-state index in [0.29, 0.717) is 31.1 Å². The second-order valence-corrected chi connectivity index (χ2v) is 8.18. The second kappa shape index (κ2) is 5.73. The molecule has 5 heteroatoms. The molecule has 3 aliphatic rings. The van der Waals surface area contributed by atoms with E-state index in [9.17, 15) is 9.59 Å². The summed E-state index contributed by atoms with van der Waals surface area (Å²) in [5, 5.41) is 3.00. The van der Waals surface area contributed by atoms with Gasteiger partial charge in [-0.1, -0.05) is 18.2 Å². The Bertz CT molecular complexity index is 740. The maximum atomic E-state index is 12.4. The van der Waals surface area contributed by atoms with Crippen molar-refractivity contribution in [1.29, 1.82) is 0 Å². The van der Waals surface area contributed by atoms with Crippen LogP contribution in [0.25, 0.3) is 0 Å². The van der Waals surface area contributed by atoms with Crippen LogP contribution in [0.2, 0.25) is 0 Å². The zero-order chi connectivity index (χ0) is 16.9. The molecule has 2 aliphatic carbocycles. The molecule has 3 fully saturated rings. The number of hydrogen-bond acceptors (Lipinski definition) is 3. The van der Waals surface area contributed by atoms with E-state index < -0.39 is 5.41 Å². The van der Waals surface area contributed by atoms with Gasteiger partial charge in [0.1, 0.15) is 0 Å². The maximum Gasteiger partial charge on any atom is 0.313 e. The van der Waals surface area contributed by atoms with Gasteiger partial charge in [-0.2, -0.15) is 0 Å². The fourth-order valence-electron chi connectivity index (χ4n) is 3.97. The van der Waals surface area contributed by atoms with Crippen molar-refractivity contribution < 1.29 is 14.3 Å². The van der Waals surface area contributed by atoms with Crippen LogP contribution < -0.4 is 5.32 Å². The van der Waals surface area contributed by atoms with Gasteiger partial charge in [-0.05, 0) is 65.7 Å². The molecular formula is C19H20BrNO3. The first-order valence-electron chi connectivity index (χ1n) is 8.41. The fourth-order valence-corrected chi connectivity index (χ4v) is 4.58. The molecule has 1 aromatic rings. The molecule has 2 saturated carbocycles. The molecule has 1 saturated heterocycles. The van der Waals surface area contributed by atoms with Crippen molar-refractivity contribution in [3.8, 4) is 0 Å². The summed E-state index contributed by atoms with van der Waals surface area (Å²) in [4.78, 5) is 24.6. The smallest absolute Gasteiger partial charge is 0.313 e. The van der Waals surface area contributed by atoms with Crippen LogP contribution in [-0.4, -0.2) is 24.5 Å². The minimum Gasteiger partial charge on any atom is -0.465 e. The van der Waals surface area contributed by atoms with Gasteiger partial charge in [0.2, 0.25) is 0 Å². The van der Waals surface area contributed by atoms with Crippen LogP contribution in [-0.2, 0) is 16.0 Å². The molecule has 1 heterocycles. The van der Waals surface area contributed by atoms with Crippen LogP contribution >= 0.6 is 15.9 Å². The molecule has 4 nitrogen and oxygen atoms in total. The van der Waals surface area contributed by atoms with E-state index in [0.717, 1.165) is 34.9 Å². The number of halogens is 1. The summed E-state index contributed by atoms with van der Waals surface area (Å²) >= 11 is 3.51. The summed E-state index contributed by atoms with van der Waals surface area (Å²) in [7, 11) is 0. The lowest BCUT2D eigenvalue weighted by Gasteiger charge is -2.24. The number of carbonyl (C=O) groups excluding carboxylic acids is 2. The number of carbonyl (C=O) groups is 2. The third kappa shape index (κ3) is 2.69. The molecular weight excluding hydrogens is 370 g/mol. The molecule has 24 heavy (non-hydrogen) atoms. The predicted octanol–water partition coefficient (Wildman–Crippen LogP) is 3.39. The SMILES string of the molecule is C=C1CC2COC(=O)C2(Cc2ccc(C(=O)NC3CC3)c(Br)c2)C1. The molecule has 1 aliphatic heterocycles. The second-order valence-electron chi connectivity index (χ2n) is 7.32. The van der Waals surface area contributed by atoms with E-state index in [-0.39, 0.29) is 17.8 Å². The number of amides is 1. The third-order valence-corrected chi connectivity index (χ3v) is 6.07. The number of benzene rings is 1. The molecule has 1 aromatic carbocycles. The first-order chi connectivity index (χ1) is 11.5. The molecule has 1 N–H and O–H groups in total. The summed E-state index contributed by atoms with van der Waals surface area (Å²) in [5.74, 6) is 0.0911. The van der Waals surface area contributed by atoms with E-state index in [2.05, 4.69) is 27.8 Å². The highest BCUT2D eigenvalue weighted by Gasteiger charge is 2.55. The number of rotatable bonds is 4. The highest BCUT2D eigenvalue weighted by atomic mass is 79.9. The van der Waals surface area contributed by atoms with Crippen molar-refractivity contribution in [3.05, 3.63) is 46.0 Å². The number of fused-ring (bicyclic) bond motifs is 1. The van der Waals surface area contributed by atoms with Crippen LogP contribution in [0.3, 0.4) is 0 Å². The van der Waals surface area contributed by atoms with Crippen LogP contribution in [0.5, 0.6) is 0 Å². The summed E-state index contributed by atoms with van der Waals surface area (Å²) in [6.45, 7) is 4.58. The topological polar surface area (TPSA) is 55.4 Å². The number of esters is 1. The summed E-state index contributed by atoms with van der Waals surface area (Å²) in [6, 6.07) is 6.08. The highest BCUT2D eigenvalue weighted by Crippen LogP contribution is 2.52. The maximum absolute atomic E-state index is 12.4. The van der Waals surface area contributed by atoms with Gasteiger partial charge in [-0.15, -0.1) is 0 Å². The normalized spacial score (nSPS) is 28.6. The van der Waals surface area contributed by atoms with Gasteiger partial charge >= 0.3 is 5.97 Å². The quantitative estimate of drug-likeness (QED) is 0.634. The van der Waals surface area contributed by atoms with Crippen LogP contribution in [0.4, 0.5) is 0 Å². The lowest BCUT2D eigenvalue weighted by atomic mass is 9.75. The molecule has 1 amide bonds. The van der Waals surface area contributed by atoms with Gasteiger partial charge in [0, 0.05) is 16.4 Å². The Labute approximate surface area is 149 Å². The van der Waals surface area contributed by atoms with Gasteiger partial charge in [0.25, 0.3) is 5.91 Å². The molecule has 2 unspecified atom stereocenters. The van der Waals surface area contributed by atoms with Gasteiger partial charge in [-0.25, -0.2) is 0 Å². The molecule has 0 bridgehead atoms. The van der Waals surface area contributed by atoms with E-state index in [1.165, 1.54) is 0 Å².